The minimum atomic E-state index is -4.74. The van der Waals surface area contributed by atoms with E-state index in [2.05, 4.69) is 27.4 Å². The minimum absolute atomic E-state index is 0.0183. The van der Waals surface area contributed by atoms with Crippen LogP contribution in [0.25, 0.3) is 0 Å². The van der Waals surface area contributed by atoms with Gasteiger partial charge in [-0.3, -0.25) is 9.69 Å². The molecule has 218 valence electrons. The van der Waals surface area contributed by atoms with Gasteiger partial charge in [-0.25, -0.2) is 15.0 Å². The number of hydrogen-bond donors (Lipinski definition) is 2. The number of likely N-dealkylation sites (tertiary alicyclic amines) is 1. The molecule has 40 heavy (non-hydrogen) atoms. The number of rotatable bonds is 10. The SMILES string of the molecule is O=C(O)[C@H](c1cnc(C(F)(F)F)nc1[C@@H]1CCCCO1)N1CC[C@@H](OCCCCc2ccc3c(n2)NCCC3)C1. The number of ether oxygens (including phenoxy) is 2. The second-order valence-corrected chi connectivity index (χ2v) is 10.7. The van der Waals surface area contributed by atoms with Crippen molar-refractivity contribution in [2.24, 2.45) is 0 Å². The molecule has 2 fully saturated rings. The fraction of sp³-hybridized carbons (Fsp3) is 0.643. The first-order valence-corrected chi connectivity index (χ1v) is 14.2. The van der Waals surface area contributed by atoms with E-state index in [1.807, 2.05) is 0 Å². The lowest BCUT2D eigenvalue weighted by molar-refractivity contribution is -0.145. The molecule has 0 unspecified atom stereocenters. The third-order valence-electron chi connectivity index (χ3n) is 7.79. The van der Waals surface area contributed by atoms with Crippen LogP contribution in [0.1, 0.15) is 85.4 Å². The molecule has 2 aromatic rings. The number of hydrogen-bond acceptors (Lipinski definition) is 8. The fourth-order valence-electron chi connectivity index (χ4n) is 5.74. The van der Waals surface area contributed by atoms with Crippen molar-refractivity contribution >= 4 is 11.8 Å². The molecule has 3 atom stereocenters. The Balaban J connectivity index is 1.17. The number of anilines is 1. The monoisotopic (exact) mass is 563 g/mol. The molecule has 3 aliphatic heterocycles. The maximum atomic E-state index is 13.4. The van der Waals surface area contributed by atoms with E-state index in [1.165, 1.54) is 5.56 Å². The Bertz CT molecular complexity index is 1180. The van der Waals surface area contributed by atoms with Gasteiger partial charge < -0.3 is 19.9 Å². The number of aryl methyl sites for hydroxylation is 2. The quantitative estimate of drug-likeness (QED) is 0.397. The van der Waals surface area contributed by atoms with E-state index < -0.39 is 30.1 Å². The fourth-order valence-corrected chi connectivity index (χ4v) is 5.74. The van der Waals surface area contributed by atoms with E-state index >= 15 is 0 Å². The molecule has 0 radical (unpaired) electrons. The van der Waals surface area contributed by atoms with Crippen LogP contribution in [0.15, 0.2) is 18.3 Å². The summed E-state index contributed by atoms with van der Waals surface area (Å²) in [5, 5.41) is 13.5. The summed E-state index contributed by atoms with van der Waals surface area (Å²) in [6, 6.07) is 3.06. The summed E-state index contributed by atoms with van der Waals surface area (Å²) in [5.74, 6) is -1.45. The van der Waals surface area contributed by atoms with Crippen molar-refractivity contribution in [3.8, 4) is 0 Å². The highest BCUT2D eigenvalue weighted by Gasteiger charge is 2.40. The maximum Gasteiger partial charge on any atom is 0.451 e. The van der Waals surface area contributed by atoms with Gasteiger partial charge in [0.05, 0.1) is 17.9 Å². The number of fused-ring (bicyclic) bond motifs is 1. The number of aliphatic carboxylic acids is 1. The summed E-state index contributed by atoms with van der Waals surface area (Å²) in [6.45, 7) is 2.71. The number of alkyl halides is 3. The molecule has 9 nitrogen and oxygen atoms in total. The number of carboxylic acids is 1. The molecule has 0 aromatic carbocycles. The second kappa shape index (κ2) is 12.8. The molecular formula is C28H36F3N5O4. The Labute approximate surface area is 231 Å². The van der Waals surface area contributed by atoms with E-state index in [0.717, 1.165) is 69.2 Å². The first-order chi connectivity index (χ1) is 19.3. The van der Waals surface area contributed by atoms with Crippen LogP contribution in [0, 0.1) is 0 Å². The highest BCUT2D eigenvalue weighted by atomic mass is 19.4. The molecule has 0 aliphatic carbocycles. The molecule has 5 rings (SSSR count). The van der Waals surface area contributed by atoms with E-state index in [9.17, 15) is 23.1 Å². The third-order valence-corrected chi connectivity index (χ3v) is 7.79. The summed E-state index contributed by atoms with van der Waals surface area (Å²) in [4.78, 5) is 26.2. The van der Waals surface area contributed by atoms with E-state index in [0.29, 0.717) is 39.1 Å². The molecule has 0 spiro atoms. The Hall–Kier alpha value is -2.83. The van der Waals surface area contributed by atoms with Crippen LogP contribution >= 0.6 is 0 Å². The summed E-state index contributed by atoms with van der Waals surface area (Å²) in [6.07, 6.45) is 2.95. The van der Waals surface area contributed by atoms with Crippen LogP contribution < -0.4 is 5.32 Å². The Morgan fingerprint density at radius 1 is 1.20 bits per heavy atom. The van der Waals surface area contributed by atoms with Crippen LogP contribution in [-0.4, -0.2) is 69.9 Å². The van der Waals surface area contributed by atoms with Gasteiger partial charge in [0.25, 0.3) is 0 Å². The van der Waals surface area contributed by atoms with Gasteiger partial charge in [-0.05, 0) is 69.4 Å². The van der Waals surface area contributed by atoms with Crippen molar-refractivity contribution in [3.05, 3.63) is 46.7 Å². The maximum absolute atomic E-state index is 13.4. The van der Waals surface area contributed by atoms with Gasteiger partial charge in [-0.15, -0.1) is 0 Å². The number of halogens is 3. The zero-order valence-corrected chi connectivity index (χ0v) is 22.5. The first kappa shape index (κ1) is 28.7. The molecule has 3 aliphatic rings. The van der Waals surface area contributed by atoms with Crippen molar-refractivity contribution < 1.29 is 32.5 Å². The number of nitrogens with zero attached hydrogens (tertiary/aromatic N) is 4. The number of pyridine rings is 1. The highest BCUT2D eigenvalue weighted by Crippen LogP contribution is 2.37. The number of carbonyl (C=O) groups is 1. The van der Waals surface area contributed by atoms with Crippen LogP contribution in [0.5, 0.6) is 0 Å². The summed E-state index contributed by atoms with van der Waals surface area (Å²) in [5.41, 5.74) is 2.50. The van der Waals surface area contributed by atoms with Crippen LogP contribution in [0.4, 0.5) is 19.0 Å². The summed E-state index contributed by atoms with van der Waals surface area (Å²) in [7, 11) is 0. The van der Waals surface area contributed by atoms with Gasteiger partial charge in [0.15, 0.2) is 0 Å². The molecule has 0 bridgehead atoms. The topological polar surface area (TPSA) is 110 Å². The number of aromatic nitrogens is 3. The Morgan fingerprint density at radius 3 is 2.85 bits per heavy atom. The molecule has 2 N–H and O–H groups in total. The van der Waals surface area contributed by atoms with E-state index in [4.69, 9.17) is 14.5 Å². The molecule has 12 heteroatoms. The zero-order valence-electron chi connectivity index (χ0n) is 22.5. The average Bonchev–Trinajstić information content (AvgIpc) is 3.41. The molecule has 0 amide bonds. The van der Waals surface area contributed by atoms with Crippen molar-refractivity contribution in [2.75, 3.05) is 38.2 Å². The predicted octanol–water partition coefficient (Wildman–Crippen LogP) is 4.73. The largest absolute Gasteiger partial charge is 0.480 e. The lowest BCUT2D eigenvalue weighted by Gasteiger charge is -2.29. The molecule has 5 heterocycles. The van der Waals surface area contributed by atoms with Crippen LogP contribution in [0.3, 0.4) is 0 Å². The lowest BCUT2D eigenvalue weighted by atomic mass is 9.97. The first-order valence-electron chi connectivity index (χ1n) is 14.2. The molecule has 2 saturated heterocycles. The van der Waals surface area contributed by atoms with Gasteiger partial charge in [-0.2, -0.15) is 13.2 Å². The summed E-state index contributed by atoms with van der Waals surface area (Å²) >= 11 is 0. The van der Waals surface area contributed by atoms with E-state index in [-0.39, 0.29) is 17.4 Å². The van der Waals surface area contributed by atoms with Crippen LogP contribution in [-0.2, 0) is 33.3 Å². The Kier molecular flexibility index (Phi) is 9.17. The highest BCUT2D eigenvalue weighted by molar-refractivity contribution is 5.76. The third kappa shape index (κ3) is 6.90. The molecule has 0 saturated carbocycles. The van der Waals surface area contributed by atoms with Crippen molar-refractivity contribution in [2.45, 2.75) is 82.2 Å². The molecular weight excluding hydrogens is 527 g/mol. The van der Waals surface area contributed by atoms with Gasteiger partial charge in [0.2, 0.25) is 5.82 Å². The zero-order chi connectivity index (χ0) is 28.1. The van der Waals surface area contributed by atoms with E-state index in [1.54, 1.807) is 4.90 Å². The lowest BCUT2D eigenvalue weighted by Crippen LogP contribution is -2.35. The van der Waals surface area contributed by atoms with Gasteiger partial charge in [0, 0.05) is 50.3 Å². The number of nitrogens with one attached hydrogen (secondary N) is 1. The average molecular weight is 564 g/mol. The normalized spacial score (nSPS) is 22.5. The van der Waals surface area contributed by atoms with Gasteiger partial charge in [0.1, 0.15) is 11.9 Å². The Morgan fingerprint density at radius 2 is 2.08 bits per heavy atom. The van der Waals surface area contributed by atoms with Gasteiger partial charge in [-0.1, -0.05) is 6.07 Å². The summed E-state index contributed by atoms with van der Waals surface area (Å²) < 4.78 is 52.0. The second-order valence-electron chi connectivity index (χ2n) is 10.7. The van der Waals surface area contributed by atoms with Crippen LogP contribution in [0.2, 0.25) is 0 Å². The van der Waals surface area contributed by atoms with Crippen molar-refractivity contribution in [3.63, 3.8) is 0 Å². The predicted molar refractivity (Wildman–Crippen MR) is 140 cm³/mol. The molecule has 2 aromatic heterocycles. The smallest absolute Gasteiger partial charge is 0.451 e. The number of carboxylic acid groups (broad SMARTS) is 1. The van der Waals surface area contributed by atoms with Gasteiger partial charge >= 0.3 is 12.1 Å². The minimum Gasteiger partial charge on any atom is -0.480 e. The standard InChI is InChI=1S/C28H36F3N5O4/c29-28(30,31)27-33-16-21(23(35-27)22-8-2-4-15-40-22)24(26(37)38)36-13-11-20(17-36)39-14-3-1-7-19-10-9-18-6-5-12-32-25(18)34-19/h9-10,16,20,22,24H,1-8,11-15,17H2,(H,32,34)(H,37,38)/t20-,22+,24+/m1/s1. The van der Waals surface area contributed by atoms with Crippen molar-refractivity contribution in [1.82, 2.24) is 19.9 Å². The van der Waals surface area contributed by atoms with Crippen molar-refractivity contribution in [1.29, 1.82) is 0 Å². The number of unbranched alkanes of at least 4 members (excludes halogenated alkanes) is 1.